The highest BCUT2D eigenvalue weighted by Gasteiger charge is 2.18. The second-order valence-corrected chi connectivity index (χ2v) is 6.09. The molecule has 0 saturated carbocycles. The number of nitrogens with one attached hydrogen (secondary N) is 1. The van der Waals surface area contributed by atoms with Crippen LogP contribution in [-0.4, -0.2) is 22.3 Å². The molecule has 1 N–H and O–H groups in total. The molecule has 1 amide bonds. The second kappa shape index (κ2) is 6.95. The fraction of sp³-hybridized carbons (Fsp3) is 0.150. The van der Waals surface area contributed by atoms with Crippen LogP contribution >= 0.6 is 0 Å². The van der Waals surface area contributed by atoms with Gasteiger partial charge in [0.25, 0.3) is 11.5 Å². The number of aromatic nitrogens is 2. The van der Waals surface area contributed by atoms with Crippen molar-refractivity contribution < 1.29 is 14.3 Å². The van der Waals surface area contributed by atoms with E-state index in [9.17, 15) is 9.59 Å². The van der Waals surface area contributed by atoms with E-state index in [1.807, 2.05) is 12.1 Å². The van der Waals surface area contributed by atoms with E-state index < -0.39 is 11.5 Å². The summed E-state index contributed by atoms with van der Waals surface area (Å²) in [5.74, 6) is 0.770. The predicted molar refractivity (Wildman–Crippen MR) is 98.3 cm³/mol. The number of aryl methyl sites for hydroxylation is 1. The Morgan fingerprint density at radius 3 is 2.85 bits per heavy atom. The van der Waals surface area contributed by atoms with Crippen LogP contribution in [0.4, 0.5) is 0 Å². The fourth-order valence-corrected chi connectivity index (χ4v) is 2.90. The molecule has 136 valence electrons. The standard InChI is InChI=1S/C20H17N3O4/c1-13-7-9-23(15-5-6-16-17(10-15)27-12-26-16)20(25)18(13)19(24)22-11-14-4-2-3-8-21-14/h2-10H,11-12H2,1H3,(H,22,24). The predicted octanol–water partition coefficient (Wildman–Crippen LogP) is 2.20. The highest BCUT2D eigenvalue weighted by atomic mass is 16.7. The summed E-state index contributed by atoms with van der Waals surface area (Å²) in [7, 11) is 0. The number of fused-ring (bicyclic) bond motifs is 1. The molecule has 0 bridgehead atoms. The third-order valence-corrected chi connectivity index (χ3v) is 4.32. The zero-order valence-corrected chi connectivity index (χ0v) is 14.6. The van der Waals surface area contributed by atoms with Gasteiger partial charge in [-0.25, -0.2) is 0 Å². The van der Waals surface area contributed by atoms with E-state index in [0.717, 1.165) is 5.69 Å². The van der Waals surface area contributed by atoms with E-state index in [0.29, 0.717) is 22.7 Å². The van der Waals surface area contributed by atoms with Crippen LogP contribution in [0.15, 0.2) is 59.7 Å². The van der Waals surface area contributed by atoms with Crippen molar-refractivity contribution in [3.05, 3.63) is 82.0 Å². The Bertz CT molecular complexity index is 1060. The van der Waals surface area contributed by atoms with Gasteiger partial charge in [0, 0.05) is 18.5 Å². The molecule has 3 aromatic rings. The minimum atomic E-state index is -0.432. The Hall–Kier alpha value is -3.61. The molecule has 0 atom stereocenters. The van der Waals surface area contributed by atoms with Crippen LogP contribution in [-0.2, 0) is 6.54 Å². The van der Waals surface area contributed by atoms with E-state index in [2.05, 4.69) is 10.3 Å². The maximum atomic E-state index is 13.0. The summed E-state index contributed by atoms with van der Waals surface area (Å²) < 4.78 is 12.1. The average molecular weight is 363 g/mol. The Labute approximate surface area is 155 Å². The van der Waals surface area contributed by atoms with E-state index >= 15 is 0 Å². The van der Waals surface area contributed by atoms with Crippen LogP contribution in [0.1, 0.15) is 21.6 Å². The maximum Gasteiger partial charge on any atom is 0.268 e. The van der Waals surface area contributed by atoms with Crippen molar-refractivity contribution in [2.75, 3.05) is 6.79 Å². The molecule has 0 radical (unpaired) electrons. The number of hydrogen-bond acceptors (Lipinski definition) is 5. The van der Waals surface area contributed by atoms with Gasteiger partial charge in [0.15, 0.2) is 11.5 Å². The third-order valence-electron chi connectivity index (χ3n) is 4.32. The molecular formula is C20H17N3O4. The number of benzene rings is 1. The Morgan fingerprint density at radius 2 is 2.04 bits per heavy atom. The SMILES string of the molecule is Cc1ccn(-c2ccc3c(c2)OCO3)c(=O)c1C(=O)NCc1ccccn1. The minimum Gasteiger partial charge on any atom is -0.454 e. The molecule has 0 fully saturated rings. The lowest BCUT2D eigenvalue weighted by molar-refractivity contribution is 0.0948. The van der Waals surface area contributed by atoms with Crippen LogP contribution < -0.4 is 20.3 Å². The number of amides is 1. The van der Waals surface area contributed by atoms with Gasteiger partial charge in [-0.3, -0.25) is 19.1 Å². The van der Waals surface area contributed by atoms with E-state index in [-0.39, 0.29) is 18.9 Å². The second-order valence-electron chi connectivity index (χ2n) is 6.09. The smallest absolute Gasteiger partial charge is 0.268 e. The van der Waals surface area contributed by atoms with Crippen molar-refractivity contribution in [2.24, 2.45) is 0 Å². The van der Waals surface area contributed by atoms with Gasteiger partial charge in [0.05, 0.1) is 17.9 Å². The Kier molecular flexibility index (Phi) is 4.33. The van der Waals surface area contributed by atoms with Gasteiger partial charge in [-0.1, -0.05) is 6.07 Å². The van der Waals surface area contributed by atoms with E-state index in [1.165, 1.54) is 4.57 Å². The van der Waals surface area contributed by atoms with Gasteiger partial charge in [-0.2, -0.15) is 0 Å². The van der Waals surface area contributed by atoms with Crippen LogP contribution in [0.25, 0.3) is 5.69 Å². The first kappa shape index (κ1) is 16.8. The van der Waals surface area contributed by atoms with Crippen molar-refractivity contribution in [3.8, 4) is 17.2 Å². The summed E-state index contributed by atoms with van der Waals surface area (Å²) in [5.41, 5.74) is 1.63. The largest absolute Gasteiger partial charge is 0.454 e. The number of pyridine rings is 2. The summed E-state index contributed by atoms with van der Waals surface area (Å²) in [6.45, 7) is 2.14. The van der Waals surface area contributed by atoms with Crippen molar-refractivity contribution >= 4 is 5.91 Å². The maximum absolute atomic E-state index is 13.0. The van der Waals surface area contributed by atoms with Gasteiger partial charge in [0.1, 0.15) is 5.56 Å². The Morgan fingerprint density at radius 1 is 1.19 bits per heavy atom. The summed E-state index contributed by atoms with van der Waals surface area (Å²) in [5, 5.41) is 2.76. The van der Waals surface area contributed by atoms with Crippen LogP contribution in [0.3, 0.4) is 0 Å². The van der Waals surface area contributed by atoms with Gasteiger partial charge in [-0.15, -0.1) is 0 Å². The first-order valence-corrected chi connectivity index (χ1v) is 8.44. The van der Waals surface area contributed by atoms with Crippen molar-refractivity contribution in [3.63, 3.8) is 0 Å². The minimum absolute atomic E-state index is 0.103. The third kappa shape index (κ3) is 3.27. The Balaban J connectivity index is 1.64. The van der Waals surface area contributed by atoms with Crippen molar-refractivity contribution in [2.45, 2.75) is 13.5 Å². The summed E-state index contributed by atoms with van der Waals surface area (Å²) in [4.78, 5) is 29.8. The molecule has 1 aliphatic heterocycles. The van der Waals surface area contributed by atoms with Crippen LogP contribution in [0, 0.1) is 6.92 Å². The molecule has 3 heterocycles. The number of ether oxygens (including phenoxy) is 2. The molecule has 1 aromatic carbocycles. The molecule has 1 aliphatic rings. The number of carbonyl (C=O) groups is 1. The molecule has 0 aliphatic carbocycles. The molecule has 7 nitrogen and oxygen atoms in total. The lowest BCUT2D eigenvalue weighted by Gasteiger charge is -2.11. The van der Waals surface area contributed by atoms with E-state index in [4.69, 9.17) is 9.47 Å². The average Bonchev–Trinajstić information content (AvgIpc) is 3.15. The highest BCUT2D eigenvalue weighted by Crippen LogP contribution is 2.33. The van der Waals surface area contributed by atoms with Gasteiger partial charge in [-0.05, 0) is 42.8 Å². The summed E-state index contributed by atoms with van der Waals surface area (Å²) in [6, 6.07) is 12.4. The normalized spacial score (nSPS) is 12.0. The molecule has 0 saturated heterocycles. The highest BCUT2D eigenvalue weighted by molar-refractivity contribution is 5.95. The topological polar surface area (TPSA) is 82.5 Å². The lowest BCUT2D eigenvalue weighted by Crippen LogP contribution is -2.33. The van der Waals surface area contributed by atoms with Gasteiger partial charge in [0.2, 0.25) is 6.79 Å². The molecule has 2 aromatic heterocycles. The molecule has 4 rings (SSSR count). The first-order valence-electron chi connectivity index (χ1n) is 8.44. The molecule has 27 heavy (non-hydrogen) atoms. The number of rotatable bonds is 4. The lowest BCUT2D eigenvalue weighted by atomic mass is 10.1. The van der Waals surface area contributed by atoms with Gasteiger partial charge >= 0.3 is 0 Å². The fourth-order valence-electron chi connectivity index (χ4n) is 2.90. The zero-order chi connectivity index (χ0) is 18.8. The molecule has 0 unspecified atom stereocenters. The van der Waals surface area contributed by atoms with Crippen LogP contribution in [0.2, 0.25) is 0 Å². The van der Waals surface area contributed by atoms with Crippen LogP contribution in [0.5, 0.6) is 11.5 Å². The summed E-state index contributed by atoms with van der Waals surface area (Å²) >= 11 is 0. The number of carbonyl (C=O) groups excluding carboxylic acids is 1. The van der Waals surface area contributed by atoms with Crippen molar-refractivity contribution in [1.29, 1.82) is 0 Å². The molecule has 0 spiro atoms. The van der Waals surface area contributed by atoms with E-state index in [1.54, 1.807) is 49.6 Å². The molecule has 7 heteroatoms. The summed E-state index contributed by atoms with van der Waals surface area (Å²) in [6.07, 6.45) is 3.30. The quantitative estimate of drug-likeness (QED) is 0.768. The first-order chi connectivity index (χ1) is 13.1. The molecular weight excluding hydrogens is 346 g/mol. The monoisotopic (exact) mass is 363 g/mol. The van der Waals surface area contributed by atoms with Crippen molar-refractivity contribution in [1.82, 2.24) is 14.9 Å². The number of nitrogens with zero attached hydrogens (tertiary/aromatic N) is 2. The number of hydrogen-bond donors (Lipinski definition) is 1. The van der Waals surface area contributed by atoms with Gasteiger partial charge < -0.3 is 14.8 Å². The zero-order valence-electron chi connectivity index (χ0n) is 14.6.